The number of aliphatic hydroxyl groups excluding tert-OH is 1. The lowest BCUT2D eigenvalue weighted by atomic mass is 10.1. The predicted octanol–water partition coefficient (Wildman–Crippen LogP) is 0.459. The Kier molecular flexibility index (Phi) is 7.63. The molecule has 3 N–H and O–H groups in total. The molecule has 0 aliphatic rings. The highest BCUT2D eigenvalue weighted by atomic mass is 16.4. The highest BCUT2D eigenvalue weighted by Gasteiger charge is 1.99. The van der Waals surface area contributed by atoms with E-state index in [4.69, 9.17) is 10.2 Å². The van der Waals surface area contributed by atoms with Crippen LogP contribution in [0.1, 0.15) is 26.2 Å². The summed E-state index contributed by atoms with van der Waals surface area (Å²) in [4.78, 5) is 10.1. The largest absolute Gasteiger partial charge is 0.481 e. The second-order valence-electron chi connectivity index (χ2n) is 3.32. The normalized spacial score (nSPS) is 12.8. The van der Waals surface area contributed by atoms with Crippen molar-refractivity contribution < 1.29 is 15.0 Å². The Bertz CT molecular complexity index is 139. The second kappa shape index (κ2) is 8.01. The number of carbonyl (C=O) groups is 1. The molecule has 0 aliphatic carbocycles. The number of nitrogens with one attached hydrogen (secondary N) is 1. The summed E-state index contributed by atoms with van der Waals surface area (Å²) in [5, 5.41) is 20.1. The van der Waals surface area contributed by atoms with Gasteiger partial charge in [0.25, 0.3) is 0 Å². The summed E-state index contributed by atoms with van der Waals surface area (Å²) in [5.74, 6) is -0.419. The molecular weight excluding hydrogens is 170 g/mol. The third kappa shape index (κ3) is 9.30. The van der Waals surface area contributed by atoms with E-state index in [1.165, 1.54) is 0 Å². The summed E-state index contributed by atoms with van der Waals surface area (Å²) in [6, 6.07) is 0. The first-order valence-electron chi connectivity index (χ1n) is 4.70. The Hall–Kier alpha value is -0.610. The lowest BCUT2D eigenvalue weighted by Gasteiger charge is -2.07. The van der Waals surface area contributed by atoms with Crippen LogP contribution in [0.3, 0.4) is 0 Å². The van der Waals surface area contributed by atoms with Gasteiger partial charge in [0.2, 0.25) is 0 Å². The fourth-order valence-electron chi connectivity index (χ4n) is 0.987. The van der Waals surface area contributed by atoms with E-state index in [0.717, 1.165) is 19.4 Å². The van der Waals surface area contributed by atoms with E-state index in [2.05, 4.69) is 5.32 Å². The van der Waals surface area contributed by atoms with Gasteiger partial charge in [-0.25, -0.2) is 0 Å². The molecule has 0 aliphatic heterocycles. The molecule has 0 saturated carbocycles. The fraction of sp³-hybridized carbons (Fsp3) is 0.889. The maximum absolute atomic E-state index is 10.1. The Morgan fingerprint density at radius 3 is 2.69 bits per heavy atom. The number of aliphatic hydroxyl groups is 1. The summed E-state index contributed by atoms with van der Waals surface area (Å²) >= 11 is 0. The van der Waals surface area contributed by atoms with E-state index in [1.807, 2.05) is 6.92 Å². The van der Waals surface area contributed by atoms with Gasteiger partial charge in [0.15, 0.2) is 0 Å². The summed E-state index contributed by atoms with van der Waals surface area (Å²) in [7, 11) is 0. The summed E-state index contributed by atoms with van der Waals surface area (Å²) in [5.41, 5.74) is 0. The first-order chi connectivity index (χ1) is 6.16. The van der Waals surface area contributed by atoms with Gasteiger partial charge in [0.1, 0.15) is 0 Å². The molecule has 1 unspecified atom stereocenters. The number of rotatable bonds is 8. The molecule has 0 fully saturated rings. The topological polar surface area (TPSA) is 69.6 Å². The van der Waals surface area contributed by atoms with E-state index in [-0.39, 0.29) is 13.0 Å². The Morgan fingerprint density at radius 2 is 2.15 bits per heavy atom. The van der Waals surface area contributed by atoms with Crippen LogP contribution >= 0.6 is 0 Å². The molecule has 0 spiro atoms. The van der Waals surface area contributed by atoms with Crippen LogP contribution in [0.25, 0.3) is 0 Å². The van der Waals surface area contributed by atoms with Crippen molar-refractivity contribution in [1.29, 1.82) is 0 Å². The highest BCUT2D eigenvalue weighted by Crippen LogP contribution is 2.02. The van der Waals surface area contributed by atoms with Crippen LogP contribution in [-0.2, 0) is 4.79 Å². The van der Waals surface area contributed by atoms with E-state index in [1.54, 1.807) is 0 Å². The molecular formula is C9H19NO3. The van der Waals surface area contributed by atoms with Crippen molar-refractivity contribution >= 4 is 5.97 Å². The van der Waals surface area contributed by atoms with E-state index in [0.29, 0.717) is 12.5 Å². The number of hydrogen-bond donors (Lipinski definition) is 3. The quantitative estimate of drug-likeness (QED) is 0.485. The number of aliphatic carboxylic acids is 1. The summed E-state index contributed by atoms with van der Waals surface area (Å²) in [6.45, 7) is 3.59. The molecule has 0 saturated heterocycles. The van der Waals surface area contributed by atoms with E-state index >= 15 is 0 Å². The number of carboxylic acids is 1. The average Bonchev–Trinajstić information content (AvgIpc) is 2.10. The van der Waals surface area contributed by atoms with Gasteiger partial charge >= 0.3 is 5.97 Å². The molecule has 13 heavy (non-hydrogen) atoms. The average molecular weight is 189 g/mol. The van der Waals surface area contributed by atoms with Crippen molar-refractivity contribution in [2.24, 2.45) is 5.92 Å². The first-order valence-corrected chi connectivity index (χ1v) is 4.70. The van der Waals surface area contributed by atoms with Gasteiger partial charge in [-0.1, -0.05) is 6.92 Å². The lowest BCUT2D eigenvalue weighted by molar-refractivity contribution is -0.136. The van der Waals surface area contributed by atoms with Crippen LogP contribution in [0.4, 0.5) is 0 Å². The van der Waals surface area contributed by atoms with Gasteiger partial charge < -0.3 is 15.5 Å². The third-order valence-electron chi connectivity index (χ3n) is 1.88. The summed E-state index contributed by atoms with van der Waals surface area (Å²) < 4.78 is 0. The van der Waals surface area contributed by atoms with Crippen molar-refractivity contribution in [3.05, 3.63) is 0 Å². The summed E-state index contributed by atoms with van der Waals surface area (Å²) in [6.07, 6.45) is 2.15. The van der Waals surface area contributed by atoms with Crippen LogP contribution in [0.2, 0.25) is 0 Å². The number of carboxylic acid groups (broad SMARTS) is 1. The molecule has 78 valence electrons. The zero-order valence-corrected chi connectivity index (χ0v) is 8.12. The van der Waals surface area contributed by atoms with Crippen LogP contribution in [0, 0.1) is 5.92 Å². The SMILES string of the molecule is CC(CO)CCCNCCC(=O)O. The molecule has 1 atom stereocenters. The van der Waals surface area contributed by atoms with Gasteiger partial charge in [-0.15, -0.1) is 0 Å². The molecule has 0 heterocycles. The molecule has 0 aromatic rings. The fourth-order valence-corrected chi connectivity index (χ4v) is 0.987. The molecule has 4 nitrogen and oxygen atoms in total. The van der Waals surface area contributed by atoms with Crippen LogP contribution in [-0.4, -0.2) is 35.9 Å². The van der Waals surface area contributed by atoms with Crippen LogP contribution < -0.4 is 5.32 Å². The van der Waals surface area contributed by atoms with Gasteiger partial charge in [-0.2, -0.15) is 0 Å². The van der Waals surface area contributed by atoms with Crippen molar-refractivity contribution in [3.63, 3.8) is 0 Å². The predicted molar refractivity (Wildman–Crippen MR) is 50.6 cm³/mol. The first kappa shape index (κ1) is 12.4. The Labute approximate surface area is 79.0 Å². The minimum Gasteiger partial charge on any atom is -0.481 e. The maximum atomic E-state index is 10.1. The molecule has 0 aromatic heterocycles. The lowest BCUT2D eigenvalue weighted by Crippen LogP contribution is -2.20. The molecule has 0 aromatic carbocycles. The van der Waals surface area contributed by atoms with E-state index in [9.17, 15) is 4.79 Å². The van der Waals surface area contributed by atoms with Gasteiger partial charge in [0, 0.05) is 13.2 Å². The van der Waals surface area contributed by atoms with E-state index < -0.39 is 5.97 Å². The van der Waals surface area contributed by atoms with Gasteiger partial charge in [0.05, 0.1) is 6.42 Å². The van der Waals surface area contributed by atoms with Crippen molar-refractivity contribution in [3.8, 4) is 0 Å². The van der Waals surface area contributed by atoms with Crippen LogP contribution in [0.15, 0.2) is 0 Å². The standard InChI is InChI=1S/C9H19NO3/c1-8(7-11)3-2-5-10-6-4-9(12)13/h8,10-11H,2-7H2,1H3,(H,12,13). The van der Waals surface area contributed by atoms with Gasteiger partial charge in [-0.3, -0.25) is 4.79 Å². The maximum Gasteiger partial charge on any atom is 0.304 e. The molecule has 0 radical (unpaired) electrons. The van der Waals surface area contributed by atoms with Gasteiger partial charge in [-0.05, 0) is 25.3 Å². The van der Waals surface area contributed by atoms with Crippen molar-refractivity contribution in [1.82, 2.24) is 5.32 Å². The monoisotopic (exact) mass is 189 g/mol. The van der Waals surface area contributed by atoms with Crippen molar-refractivity contribution in [2.75, 3.05) is 19.7 Å². The van der Waals surface area contributed by atoms with Crippen molar-refractivity contribution in [2.45, 2.75) is 26.2 Å². The molecule has 4 heteroatoms. The minimum atomic E-state index is -0.767. The minimum absolute atomic E-state index is 0.176. The number of hydrogen-bond acceptors (Lipinski definition) is 3. The third-order valence-corrected chi connectivity index (χ3v) is 1.88. The Morgan fingerprint density at radius 1 is 1.46 bits per heavy atom. The molecule has 0 bridgehead atoms. The highest BCUT2D eigenvalue weighted by molar-refractivity contribution is 5.66. The molecule has 0 amide bonds. The smallest absolute Gasteiger partial charge is 0.304 e. The zero-order valence-electron chi connectivity index (χ0n) is 8.12. The zero-order chi connectivity index (χ0) is 10.1. The Balaban J connectivity index is 3.04. The van der Waals surface area contributed by atoms with Crippen LogP contribution in [0.5, 0.6) is 0 Å². The second-order valence-corrected chi connectivity index (χ2v) is 3.32. The molecule has 0 rings (SSSR count).